The molecule has 0 bridgehead atoms. The number of rotatable bonds is 12. The van der Waals surface area contributed by atoms with E-state index in [-0.39, 0.29) is 17.7 Å². The van der Waals surface area contributed by atoms with Crippen molar-refractivity contribution in [1.29, 1.82) is 0 Å². The monoisotopic (exact) mass is 642 g/mol. The van der Waals surface area contributed by atoms with Gasteiger partial charge in [-0.2, -0.15) is 0 Å². The quantitative estimate of drug-likeness (QED) is 0.118. The van der Waals surface area contributed by atoms with Crippen LogP contribution < -0.4 is 16.0 Å². The van der Waals surface area contributed by atoms with Crippen LogP contribution in [-0.2, 0) is 30.6 Å². The molecule has 2 amide bonds. The Labute approximate surface area is 282 Å². The molecule has 248 valence electrons. The summed E-state index contributed by atoms with van der Waals surface area (Å²) in [6.07, 6.45) is 10.2. The van der Waals surface area contributed by atoms with Gasteiger partial charge >= 0.3 is 0 Å². The van der Waals surface area contributed by atoms with Crippen LogP contribution in [0.5, 0.6) is 0 Å². The van der Waals surface area contributed by atoms with E-state index in [1.54, 1.807) is 0 Å². The molecule has 3 aromatic carbocycles. The number of para-hydroxylation sites is 2. The number of fused-ring (bicyclic) bond motifs is 3. The fraction of sp³-hybridized carbons (Fsp3) is 0.375. The second kappa shape index (κ2) is 15.0. The van der Waals surface area contributed by atoms with Crippen LogP contribution in [0.3, 0.4) is 0 Å². The highest BCUT2D eigenvalue weighted by Crippen LogP contribution is 2.33. The van der Waals surface area contributed by atoms with Crippen molar-refractivity contribution in [3.8, 4) is 0 Å². The maximum atomic E-state index is 13.1. The molecule has 0 saturated carbocycles. The van der Waals surface area contributed by atoms with Gasteiger partial charge in [-0.3, -0.25) is 19.5 Å². The Kier molecular flexibility index (Phi) is 9.98. The summed E-state index contributed by atoms with van der Waals surface area (Å²) in [6.45, 7) is 4.58. The van der Waals surface area contributed by atoms with Crippen molar-refractivity contribution in [2.75, 3.05) is 38.0 Å². The van der Waals surface area contributed by atoms with E-state index in [2.05, 4.69) is 62.2 Å². The number of hydrogen-bond donors (Lipinski definition) is 4. The number of aryl methyl sites for hydroxylation is 1. The summed E-state index contributed by atoms with van der Waals surface area (Å²) in [7, 11) is 0. The Bertz CT molecular complexity index is 1880. The molecular formula is C40H46N6O2. The third-order valence-corrected chi connectivity index (χ3v) is 9.98. The zero-order valence-electron chi connectivity index (χ0n) is 27.7. The van der Waals surface area contributed by atoms with Gasteiger partial charge in [0, 0.05) is 72.2 Å². The van der Waals surface area contributed by atoms with Crippen molar-refractivity contribution in [3.05, 3.63) is 107 Å². The molecule has 2 aromatic heterocycles. The van der Waals surface area contributed by atoms with E-state index >= 15 is 0 Å². The summed E-state index contributed by atoms with van der Waals surface area (Å²) in [5.41, 5.74) is 9.06. The first kappa shape index (κ1) is 31.9. The van der Waals surface area contributed by atoms with Gasteiger partial charge in [0.1, 0.15) is 0 Å². The van der Waals surface area contributed by atoms with E-state index in [4.69, 9.17) is 4.98 Å². The molecule has 4 N–H and O–H groups in total. The first-order chi connectivity index (χ1) is 23.6. The lowest BCUT2D eigenvalue weighted by Crippen LogP contribution is -2.43. The van der Waals surface area contributed by atoms with Crippen LogP contribution in [0.4, 0.5) is 5.69 Å². The third-order valence-electron chi connectivity index (χ3n) is 9.98. The highest BCUT2D eigenvalue weighted by molar-refractivity contribution is 5.94. The molecule has 8 heteroatoms. The topological polar surface area (TPSA) is 102 Å². The SMILES string of the molecule is O=C(NCCc1c[nH]c2ccccc12)c1ccc(CN2CCCC(C(=O)NCCCNc3c4c(nc5ccccc35)CCCC4)C2)cc1. The molecule has 1 aliphatic heterocycles. The molecule has 1 atom stereocenters. The second-order valence-corrected chi connectivity index (χ2v) is 13.3. The van der Waals surface area contributed by atoms with E-state index in [1.807, 2.05) is 42.6 Å². The number of aromatic amines is 1. The third kappa shape index (κ3) is 7.39. The van der Waals surface area contributed by atoms with Crippen LogP contribution in [0.1, 0.15) is 64.8 Å². The van der Waals surface area contributed by atoms with Crippen molar-refractivity contribution >= 4 is 39.3 Å². The number of benzene rings is 3. The lowest BCUT2D eigenvalue weighted by Gasteiger charge is -2.32. The van der Waals surface area contributed by atoms with Gasteiger partial charge in [0.15, 0.2) is 0 Å². The number of carbonyl (C=O) groups excluding carboxylic acids is 2. The minimum atomic E-state index is -0.0558. The van der Waals surface area contributed by atoms with Crippen molar-refractivity contribution in [2.45, 2.75) is 57.9 Å². The summed E-state index contributed by atoms with van der Waals surface area (Å²) >= 11 is 0. The minimum absolute atomic E-state index is 0.00469. The van der Waals surface area contributed by atoms with E-state index in [1.165, 1.54) is 46.1 Å². The van der Waals surface area contributed by atoms with Gasteiger partial charge in [-0.05, 0) is 98.9 Å². The van der Waals surface area contributed by atoms with Crippen LogP contribution >= 0.6 is 0 Å². The van der Waals surface area contributed by atoms with Crippen molar-refractivity contribution in [2.24, 2.45) is 5.92 Å². The number of nitrogens with one attached hydrogen (secondary N) is 4. The molecule has 1 saturated heterocycles. The van der Waals surface area contributed by atoms with Crippen LogP contribution in [0.2, 0.25) is 0 Å². The summed E-state index contributed by atoms with van der Waals surface area (Å²) in [4.78, 5) is 36.5. The zero-order valence-corrected chi connectivity index (χ0v) is 27.7. The average molecular weight is 643 g/mol. The molecule has 48 heavy (non-hydrogen) atoms. The van der Waals surface area contributed by atoms with Crippen molar-refractivity contribution in [1.82, 2.24) is 25.5 Å². The Morgan fingerprint density at radius 3 is 2.56 bits per heavy atom. The van der Waals surface area contributed by atoms with E-state index in [0.29, 0.717) is 18.7 Å². The first-order valence-electron chi connectivity index (χ1n) is 17.7. The Morgan fingerprint density at radius 2 is 1.67 bits per heavy atom. The molecule has 0 radical (unpaired) electrons. The molecular weight excluding hydrogens is 596 g/mol. The molecule has 0 spiro atoms. The van der Waals surface area contributed by atoms with Gasteiger partial charge in [-0.15, -0.1) is 0 Å². The number of likely N-dealkylation sites (tertiary alicyclic amines) is 1. The van der Waals surface area contributed by atoms with Gasteiger partial charge in [0.05, 0.1) is 11.4 Å². The van der Waals surface area contributed by atoms with Crippen LogP contribution in [0.15, 0.2) is 79.0 Å². The molecule has 3 heterocycles. The fourth-order valence-electron chi connectivity index (χ4n) is 7.42. The Hall–Kier alpha value is -4.69. The number of piperidine rings is 1. The molecule has 1 aliphatic carbocycles. The lowest BCUT2D eigenvalue weighted by atomic mass is 9.92. The smallest absolute Gasteiger partial charge is 0.251 e. The van der Waals surface area contributed by atoms with Crippen LogP contribution in [-0.4, -0.2) is 59.4 Å². The number of anilines is 1. The maximum absolute atomic E-state index is 13.1. The van der Waals surface area contributed by atoms with Crippen LogP contribution in [0.25, 0.3) is 21.8 Å². The maximum Gasteiger partial charge on any atom is 0.251 e. The zero-order chi connectivity index (χ0) is 32.7. The van der Waals surface area contributed by atoms with Gasteiger partial charge in [0.25, 0.3) is 5.91 Å². The number of aromatic nitrogens is 2. The minimum Gasteiger partial charge on any atom is -0.384 e. The Balaban J connectivity index is 0.840. The normalized spacial score (nSPS) is 16.5. The van der Waals surface area contributed by atoms with Crippen molar-refractivity contribution in [3.63, 3.8) is 0 Å². The molecule has 2 aliphatic rings. The van der Waals surface area contributed by atoms with E-state index in [9.17, 15) is 9.59 Å². The number of H-pyrrole nitrogens is 1. The molecule has 5 aromatic rings. The largest absolute Gasteiger partial charge is 0.384 e. The molecule has 8 nitrogen and oxygen atoms in total. The molecule has 7 rings (SSSR count). The number of pyridine rings is 1. The van der Waals surface area contributed by atoms with Gasteiger partial charge in [-0.1, -0.05) is 48.5 Å². The first-order valence-corrected chi connectivity index (χ1v) is 17.7. The predicted octanol–water partition coefficient (Wildman–Crippen LogP) is 6.40. The van der Waals surface area contributed by atoms with Gasteiger partial charge in [0.2, 0.25) is 5.91 Å². The highest BCUT2D eigenvalue weighted by atomic mass is 16.2. The molecule has 1 fully saturated rings. The van der Waals surface area contributed by atoms with Crippen molar-refractivity contribution < 1.29 is 9.59 Å². The number of carbonyl (C=O) groups is 2. The summed E-state index contributed by atoms with van der Waals surface area (Å²) in [6, 6.07) is 24.5. The number of hydrogen-bond acceptors (Lipinski definition) is 5. The van der Waals surface area contributed by atoms with Gasteiger partial charge < -0.3 is 20.9 Å². The highest BCUT2D eigenvalue weighted by Gasteiger charge is 2.26. The molecule has 1 unspecified atom stereocenters. The fourth-order valence-corrected chi connectivity index (χ4v) is 7.42. The Morgan fingerprint density at radius 1 is 0.854 bits per heavy atom. The predicted molar refractivity (Wildman–Crippen MR) is 193 cm³/mol. The summed E-state index contributed by atoms with van der Waals surface area (Å²) in [5, 5.41) is 12.4. The summed E-state index contributed by atoms with van der Waals surface area (Å²) < 4.78 is 0. The van der Waals surface area contributed by atoms with E-state index in [0.717, 1.165) is 81.3 Å². The number of amides is 2. The standard InChI is InChI=1S/C40H46N6O2/c47-39(43-23-20-30-25-44-35-13-4-1-10-32(30)35)29-18-16-28(17-19-29)26-46-24-7-9-31(27-46)40(48)42-22-8-21-41-38-33-11-2-5-14-36(33)45-37-15-6-3-12-34(37)38/h1-2,4-5,10-11,13-14,16-19,25,31,44H,3,6-9,12,15,20-24,26-27H2,(H,41,45)(H,42,48)(H,43,47). The number of nitrogens with zero attached hydrogens (tertiary/aromatic N) is 2. The van der Waals surface area contributed by atoms with E-state index < -0.39 is 0 Å². The average Bonchev–Trinajstić information content (AvgIpc) is 3.54. The van der Waals surface area contributed by atoms with Crippen LogP contribution in [0, 0.1) is 5.92 Å². The lowest BCUT2D eigenvalue weighted by molar-refractivity contribution is -0.126. The van der Waals surface area contributed by atoms with Gasteiger partial charge in [-0.25, -0.2) is 0 Å². The second-order valence-electron chi connectivity index (χ2n) is 13.3. The summed E-state index contributed by atoms with van der Waals surface area (Å²) in [5.74, 6) is 0.107.